The molecule has 2 aromatic rings. The smallest absolute Gasteiger partial charge is 0.321 e. The van der Waals surface area contributed by atoms with Gasteiger partial charge < -0.3 is 15.0 Å². The molecule has 8 nitrogen and oxygen atoms in total. The van der Waals surface area contributed by atoms with E-state index in [1.165, 1.54) is 11.3 Å². The van der Waals surface area contributed by atoms with Crippen LogP contribution in [0.3, 0.4) is 0 Å². The molecule has 122 valence electrons. The molecular formula is C14H18N6O2S. The van der Waals surface area contributed by atoms with Gasteiger partial charge >= 0.3 is 6.03 Å². The molecule has 0 aromatic carbocycles. The third kappa shape index (κ3) is 4.36. The van der Waals surface area contributed by atoms with Crippen molar-refractivity contribution in [3.63, 3.8) is 0 Å². The second kappa shape index (κ2) is 7.34. The predicted octanol–water partition coefficient (Wildman–Crippen LogP) is 1.40. The van der Waals surface area contributed by atoms with Crippen LogP contribution < -0.4 is 15.5 Å². The minimum atomic E-state index is -0.300. The summed E-state index contributed by atoms with van der Waals surface area (Å²) in [6, 6.07) is 3.57. The van der Waals surface area contributed by atoms with Crippen LogP contribution in [0.15, 0.2) is 18.3 Å². The molecule has 0 saturated carbocycles. The van der Waals surface area contributed by atoms with Crippen molar-refractivity contribution < 1.29 is 9.53 Å². The highest BCUT2D eigenvalue weighted by molar-refractivity contribution is 7.15. The van der Waals surface area contributed by atoms with Crippen LogP contribution in [0.25, 0.3) is 0 Å². The monoisotopic (exact) mass is 334 g/mol. The van der Waals surface area contributed by atoms with E-state index in [9.17, 15) is 4.79 Å². The van der Waals surface area contributed by atoms with Gasteiger partial charge in [-0.05, 0) is 24.6 Å². The fourth-order valence-corrected chi connectivity index (χ4v) is 2.79. The molecule has 2 aromatic heterocycles. The van der Waals surface area contributed by atoms with E-state index in [0.717, 1.165) is 29.5 Å². The highest BCUT2D eigenvalue weighted by atomic mass is 32.1. The zero-order valence-corrected chi connectivity index (χ0v) is 13.6. The molecule has 1 aliphatic rings. The molecule has 23 heavy (non-hydrogen) atoms. The Hall–Kier alpha value is -2.26. The molecule has 0 aliphatic carbocycles. The molecule has 2 amide bonds. The zero-order chi connectivity index (χ0) is 16.1. The van der Waals surface area contributed by atoms with Gasteiger partial charge in [0.05, 0.1) is 13.2 Å². The quantitative estimate of drug-likeness (QED) is 0.878. The number of rotatable bonds is 4. The average molecular weight is 334 g/mol. The third-order valence-corrected chi connectivity index (χ3v) is 4.10. The van der Waals surface area contributed by atoms with Crippen LogP contribution in [0.4, 0.5) is 15.7 Å². The number of aryl methyl sites for hydroxylation is 1. The lowest BCUT2D eigenvalue weighted by Gasteiger charge is -2.28. The van der Waals surface area contributed by atoms with Crippen LogP contribution in [0, 0.1) is 6.92 Å². The predicted molar refractivity (Wildman–Crippen MR) is 87.8 cm³/mol. The summed E-state index contributed by atoms with van der Waals surface area (Å²) in [6.07, 6.45) is 1.76. The number of hydrogen-bond donors (Lipinski definition) is 2. The van der Waals surface area contributed by atoms with Crippen LogP contribution in [0.5, 0.6) is 0 Å². The third-order valence-electron chi connectivity index (χ3n) is 3.34. The second-order valence-electron chi connectivity index (χ2n) is 5.06. The average Bonchev–Trinajstić information content (AvgIpc) is 2.99. The molecule has 0 unspecified atom stereocenters. The number of amides is 2. The first-order valence-corrected chi connectivity index (χ1v) is 8.15. The SMILES string of the molecule is Cc1nnc(NC(=O)NCc2ccnc(N3CCOCC3)c2)s1. The molecule has 1 aliphatic heterocycles. The normalized spacial score (nSPS) is 14.6. The molecule has 1 saturated heterocycles. The molecule has 9 heteroatoms. The van der Waals surface area contributed by atoms with Crippen molar-refractivity contribution in [3.8, 4) is 0 Å². The Morgan fingerprint density at radius 1 is 1.39 bits per heavy atom. The number of morpholine rings is 1. The minimum absolute atomic E-state index is 0.300. The van der Waals surface area contributed by atoms with Crippen LogP contribution in [-0.2, 0) is 11.3 Å². The Morgan fingerprint density at radius 2 is 2.22 bits per heavy atom. The number of aromatic nitrogens is 3. The van der Waals surface area contributed by atoms with Gasteiger partial charge in [-0.2, -0.15) is 0 Å². The van der Waals surface area contributed by atoms with Gasteiger partial charge in [-0.15, -0.1) is 10.2 Å². The summed E-state index contributed by atoms with van der Waals surface area (Å²) in [6.45, 7) is 5.36. The van der Waals surface area contributed by atoms with E-state index in [0.29, 0.717) is 24.9 Å². The Morgan fingerprint density at radius 3 is 2.96 bits per heavy atom. The second-order valence-corrected chi connectivity index (χ2v) is 6.24. The first-order chi connectivity index (χ1) is 11.2. The highest BCUT2D eigenvalue weighted by Crippen LogP contribution is 2.15. The first-order valence-electron chi connectivity index (χ1n) is 7.33. The molecule has 0 spiro atoms. The molecule has 3 heterocycles. The Balaban J connectivity index is 1.54. The number of hydrogen-bond acceptors (Lipinski definition) is 7. The summed E-state index contributed by atoms with van der Waals surface area (Å²) in [7, 11) is 0. The summed E-state index contributed by atoms with van der Waals surface area (Å²) in [5.74, 6) is 0.910. The number of ether oxygens (including phenoxy) is 1. The number of carbonyl (C=O) groups is 1. The summed E-state index contributed by atoms with van der Waals surface area (Å²) in [5.41, 5.74) is 0.991. The molecule has 0 radical (unpaired) electrons. The lowest BCUT2D eigenvalue weighted by atomic mass is 10.2. The number of nitrogens with zero attached hydrogens (tertiary/aromatic N) is 4. The Labute approximate surface area is 137 Å². The Kier molecular flexibility index (Phi) is 4.99. The molecule has 3 rings (SSSR count). The van der Waals surface area contributed by atoms with Gasteiger partial charge in [0.25, 0.3) is 0 Å². The fraction of sp³-hybridized carbons (Fsp3) is 0.429. The summed E-state index contributed by atoms with van der Waals surface area (Å²) < 4.78 is 5.34. The van der Waals surface area contributed by atoms with Gasteiger partial charge in [0.2, 0.25) is 5.13 Å². The number of nitrogens with one attached hydrogen (secondary N) is 2. The number of carbonyl (C=O) groups excluding carboxylic acids is 1. The van der Waals surface area contributed by atoms with E-state index in [1.54, 1.807) is 6.20 Å². The van der Waals surface area contributed by atoms with Crippen LogP contribution in [0.1, 0.15) is 10.6 Å². The molecular weight excluding hydrogens is 316 g/mol. The summed E-state index contributed by atoms with van der Waals surface area (Å²) in [4.78, 5) is 18.4. The number of anilines is 2. The van der Waals surface area contributed by atoms with Crippen molar-refractivity contribution >= 4 is 28.3 Å². The van der Waals surface area contributed by atoms with Crippen LogP contribution >= 0.6 is 11.3 Å². The largest absolute Gasteiger partial charge is 0.378 e. The van der Waals surface area contributed by atoms with Gasteiger partial charge in [0, 0.05) is 25.8 Å². The maximum Gasteiger partial charge on any atom is 0.321 e. The van der Waals surface area contributed by atoms with E-state index < -0.39 is 0 Å². The van der Waals surface area contributed by atoms with E-state index in [1.807, 2.05) is 19.1 Å². The van der Waals surface area contributed by atoms with Gasteiger partial charge in [-0.25, -0.2) is 9.78 Å². The molecule has 0 bridgehead atoms. The van der Waals surface area contributed by atoms with Gasteiger partial charge in [0.1, 0.15) is 10.8 Å². The van der Waals surface area contributed by atoms with Gasteiger partial charge in [-0.3, -0.25) is 5.32 Å². The maximum absolute atomic E-state index is 11.9. The van der Waals surface area contributed by atoms with Crippen LogP contribution in [-0.4, -0.2) is 47.5 Å². The molecule has 2 N–H and O–H groups in total. The Bertz CT molecular complexity index is 671. The van der Waals surface area contributed by atoms with Crippen molar-refractivity contribution in [1.29, 1.82) is 0 Å². The van der Waals surface area contributed by atoms with Gasteiger partial charge in [-0.1, -0.05) is 11.3 Å². The van der Waals surface area contributed by atoms with Crippen molar-refractivity contribution in [2.24, 2.45) is 0 Å². The van der Waals surface area contributed by atoms with E-state index in [2.05, 4.69) is 30.7 Å². The topological polar surface area (TPSA) is 92.3 Å². The number of urea groups is 1. The van der Waals surface area contributed by atoms with Crippen molar-refractivity contribution in [1.82, 2.24) is 20.5 Å². The molecule has 1 fully saturated rings. The van der Waals surface area contributed by atoms with Crippen molar-refractivity contribution in [3.05, 3.63) is 28.9 Å². The minimum Gasteiger partial charge on any atom is -0.378 e. The van der Waals surface area contributed by atoms with Gasteiger partial charge in [0.15, 0.2) is 0 Å². The zero-order valence-electron chi connectivity index (χ0n) is 12.8. The lowest BCUT2D eigenvalue weighted by molar-refractivity contribution is 0.122. The van der Waals surface area contributed by atoms with E-state index in [-0.39, 0.29) is 6.03 Å². The fourth-order valence-electron chi connectivity index (χ4n) is 2.21. The summed E-state index contributed by atoms with van der Waals surface area (Å²) in [5, 5.41) is 14.5. The lowest BCUT2D eigenvalue weighted by Crippen LogP contribution is -2.36. The maximum atomic E-state index is 11.9. The molecule has 0 atom stereocenters. The standard InChI is InChI=1S/C14H18N6O2S/c1-10-18-19-14(23-10)17-13(21)16-9-11-2-3-15-12(8-11)20-4-6-22-7-5-20/h2-3,8H,4-7,9H2,1H3,(H2,16,17,19,21). The van der Waals surface area contributed by atoms with E-state index >= 15 is 0 Å². The first kappa shape index (κ1) is 15.6. The highest BCUT2D eigenvalue weighted by Gasteiger charge is 2.13. The van der Waals surface area contributed by atoms with Crippen molar-refractivity contribution in [2.45, 2.75) is 13.5 Å². The number of pyridine rings is 1. The van der Waals surface area contributed by atoms with Crippen LogP contribution in [0.2, 0.25) is 0 Å². The van der Waals surface area contributed by atoms with Crippen molar-refractivity contribution in [2.75, 3.05) is 36.5 Å². The van der Waals surface area contributed by atoms with E-state index in [4.69, 9.17) is 4.74 Å². The summed E-state index contributed by atoms with van der Waals surface area (Å²) >= 11 is 1.34.